The van der Waals surface area contributed by atoms with Gasteiger partial charge in [0.2, 0.25) is 5.91 Å². The molecule has 0 heterocycles. The van der Waals surface area contributed by atoms with Crippen LogP contribution in [0.3, 0.4) is 0 Å². The number of para-hydroxylation sites is 1. The van der Waals surface area contributed by atoms with Gasteiger partial charge < -0.3 is 20.5 Å². The molecule has 0 aliphatic heterocycles. The molecule has 0 radical (unpaired) electrons. The molecule has 3 N–H and O–H groups in total. The predicted octanol–water partition coefficient (Wildman–Crippen LogP) is 3.03. The zero-order chi connectivity index (χ0) is 20.7. The molecule has 7 nitrogen and oxygen atoms in total. The largest absolute Gasteiger partial charge is 0.496 e. The first-order valence-electron chi connectivity index (χ1n) is 8.88. The van der Waals surface area contributed by atoms with Crippen molar-refractivity contribution in [3.63, 3.8) is 0 Å². The first kappa shape index (κ1) is 21.0. The number of carboxylic acids is 1. The van der Waals surface area contributed by atoms with Gasteiger partial charge in [0, 0.05) is 17.7 Å². The Morgan fingerprint density at radius 3 is 2.29 bits per heavy atom. The number of carboxylic acid groups (broad SMARTS) is 1. The second kappa shape index (κ2) is 9.55. The third-order valence-electron chi connectivity index (χ3n) is 4.31. The van der Waals surface area contributed by atoms with Gasteiger partial charge in [0.25, 0.3) is 5.91 Å². The molecule has 0 aliphatic carbocycles. The molecular formula is C21H24N2O5. The summed E-state index contributed by atoms with van der Waals surface area (Å²) in [7, 11) is 1.60. The monoisotopic (exact) mass is 384 g/mol. The molecule has 2 aromatic rings. The molecule has 2 aromatic carbocycles. The van der Waals surface area contributed by atoms with E-state index >= 15 is 0 Å². The number of aliphatic carboxylic acids is 1. The lowest BCUT2D eigenvalue weighted by Crippen LogP contribution is -2.38. The van der Waals surface area contributed by atoms with E-state index in [9.17, 15) is 14.4 Å². The van der Waals surface area contributed by atoms with Gasteiger partial charge >= 0.3 is 5.97 Å². The molecule has 2 rings (SSSR count). The van der Waals surface area contributed by atoms with Crippen molar-refractivity contribution < 1.29 is 24.2 Å². The maximum absolute atomic E-state index is 12.3. The van der Waals surface area contributed by atoms with Crippen LogP contribution in [0.2, 0.25) is 0 Å². The number of methoxy groups -OCH3 is 1. The maximum atomic E-state index is 12.3. The SMILES string of the molecule is COc1ccccc1C(C)CC(=O)Nc1ccc(C(=O)NC(C)C(=O)O)cc1. The smallest absolute Gasteiger partial charge is 0.325 e. The molecule has 148 valence electrons. The summed E-state index contributed by atoms with van der Waals surface area (Å²) in [6.45, 7) is 3.34. The second-order valence-corrected chi connectivity index (χ2v) is 6.51. The predicted molar refractivity (Wildman–Crippen MR) is 106 cm³/mol. The zero-order valence-electron chi connectivity index (χ0n) is 16.1. The fraction of sp³-hybridized carbons (Fsp3) is 0.286. The van der Waals surface area contributed by atoms with Crippen molar-refractivity contribution in [1.29, 1.82) is 0 Å². The van der Waals surface area contributed by atoms with Crippen molar-refractivity contribution in [1.82, 2.24) is 5.32 Å². The van der Waals surface area contributed by atoms with Gasteiger partial charge in [-0.1, -0.05) is 25.1 Å². The van der Waals surface area contributed by atoms with E-state index in [1.165, 1.54) is 19.1 Å². The number of rotatable bonds is 8. The summed E-state index contributed by atoms with van der Waals surface area (Å²) in [5.74, 6) is -1.04. The molecule has 0 bridgehead atoms. The lowest BCUT2D eigenvalue weighted by atomic mass is 9.96. The Kier molecular flexibility index (Phi) is 7.14. The van der Waals surface area contributed by atoms with Crippen LogP contribution in [-0.4, -0.2) is 36.0 Å². The zero-order valence-corrected chi connectivity index (χ0v) is 16.1. The lowest BCUT2D eigenvalue weighted by Gasteiger charge is -2.15. The molecule has 0 aromatic heterocycles. The molecule has 0 spiro atoms. The number of anilines is 1. The topological polar surface area (TPSA) is 105 Å². The highest BCUT2D eigenvalue weighted by Crippen LogP contribution is 2.28. The molecule has 0 aliphatic rings. The van der Waals surface area contributed by atoms with Crippen molar-refractivity contribution in [2.24, 2.45) is 0 Å². The van der Waals surface area contributed by atoms with Crippen LogP contribution < -0.4 is 15.4 Å². The highest BCUT2D eigenvalue weighted by Gasteiger charge is 2.17. The van der Waals surface area contributed by atoms with E-state index in [0.29, 0.717) is 11.3 Å². The van der Waals surface area contributed by atoms with Gasteiger partial charge in [0.15, 0.2) is 0 Å². The Hall–Kier alpha value is -3.35. The summed E-state index contributed by atoms with van der Waals surface area (Å²) in [5.41, 5.74) is 1.83. The fourth-order valence-electron chi connectivity index (χ4n) is 2.72. The Morgan fingerprint density at radius 1 is 1.04 bits per heavy atom. The second-order valence-electron chi connectivity index (χ2n) is 6.51. The van der Waals surface area contributed by atoms with Crippen LogP contribution in [0, 0.1) is 0 Å². The number of ether oxygens (including phenoxy) is 1. The molecule has 2 amide bonds. The van der Waals surface area contributed by atoms with Crippen LogP contribution in [0.25, 0.3) is 0 Å². The van der Waals surface area contributed by atoms with Crippen LogP contribution in [-0.2, 0) is 9.59 Å². The van der Waals surface area contributed by atoms with E-state index in [1.54, 1.807) is 19.2 Å². The van der Waals surface area contributed by atoms with Gasteiger partial charge in [0.1, 0.15) is 11.8 Å². The van der Waals surface area contributed by atoms with Gasteiger partial charge in [-0.05, 0) is 48.7 Å². The summed E-state index contributed by atoms with van der Waals surface area (Å²) in [6.07, 6.45) is 0.277. The number of benzene rings is 2. The highest BCUT2D eigenvalue weighted by atomic mass is 16.5. The molecule has 28 heavy (non-hydrogen) atoms. The van der Waals surface area contributed by atoms with E-state index in [4.69, 9.17) is 9.84 Å². The van der Waals surface area contributed by atoms with Crippen LogP contribution in [0.4, 0.5) is 5.69 Å². The third kappa shape index (κ3) is 5.57. The molecule has 2 atom stereocenters. The van der Waals surface area contributed by atoms with Crippen LogP contribution in [0.5, 0.6) is 5.75 Å². The van der Waals surface area contributed by atoms with Gasteiger partial charge in [-0.2, -0.15) is 0 Å². The standard InChI is InChI=1S/C21H24N2O5/c1-13(17-6-4-5-7-18(17)28-3)12-19(24)23-16-10-8-15(9-11-16)20(25)22-14(2)21(26)27/h4-11,13-14H,12H2,1-3H3,(H,22,25)(H,23,24)(H,26,27). The Bertz CT molecular complexity index is 848. The highest BCUT2D eigenvalue weighted by molar-refractivity contribution is 5.97. The minimum absolute atomic E-state index is 0.0290. The number of nitrogens with one attached hydrogen (secondary N) is 2. The number of hydrogen-bond donors (Lipinski definition) is 3. The Labute approximate surface area is 163 Å². The lowest BCUT2D eigenvalue weighted by molar-refractivity contribution is -0.138. The minimum atomic E-state index is -1.11. The molecule has 2 unspecified atom stereocenters. The summed E-state index contributed by atoms with van der Waals surface area (Å²) in [4.78, 5) is 35.1. The van der Waals surface area contributed by atoms with Crippen LogP contribution >= 0.6 is 0 Å². The van der Waals surface area contributed by atoms with Crippen molar-refractivity contribution in [2.45, 2.75) is 32.2 Å². The van der Waals surface area contributed by atoms with Crippen molar-refractivity contribution in [2.75, 3.05) is 12.4 Å². The fourth-order valence-corrected chi connectivity index (χ4v) is 2.72. The quantitative estimate of drug-likeness (QED) is 0.649. The first-order chi connectivity index (χ1) is 13.3. The van der Waals surface area contributed by atoms with Crippen molar-refractivity contribution in [3.05, 3.63) is 59.7 Å². The number of carbonyl (C=O) groups excluding carboxylic acids is 2. The Balaban J connectivity index is 1.95. The van der Waals surface area contributed by atoms with Crippen molar-refractivity contribution in [3.8, 4) is 5.75 Å². The third-order valence-corrected chi connectivity index (χ3v) is 4.31. The summed E-state index contributed by atoms with van der Waals surface area (Å²) >= 11 is 0. The van der Waals surface area contributed by atoms with E-state index in [1.807, 2.05) is 31.2 Å². The molecule has 0 saturated carbocycles. The van der Waals surface area contributed by atoms with E-state index in [0.717, 1.165) is 11.3 Å². The normalized spacial score (nSPS) is 12.5. The van der Waals surface area contributed by atoms with Gasteiger partial charge in [-0.3, -0.25) is 14.4 Å². The minimum Gasteiger partial charge on any atom is -0.496 e. The summed E-state index contributed by atoms with van der Waals surface area (Å²) in [5, 5.41) is 14.0. The molecular weight excluding hydrogens is 360 g/mol. The van der Waals surface area contributed by atoms with E-state index < -0.39 is 17.9 Å². The maximum Gasteiger partial charge on any atom is 0.325 e. The van der Waals surface area contributed by atoms with Crippen LogP contribution in [0.1, 0.15) is 42.1 Å². The van der Waals surface area contributed by atoms with Gasteiger partial charge in [-0.25, -0.2) is 0 Å². The van der Waals surface area contributed by atoms with E-state index in [-0.39, 0.29) is 18.2 Å². The van der Waals surface area contributed by atoms with E-state index in [2.05, 4.69) is 10.6 Å². The average molecular weight is 384 g/mol. The van der Waals surface area contributed by atoms with Gasteiger partial charge in [-0.15, -0.1) is 0 Å². The molecule has 0 fully saturated rings. The summed E-state index contributed by atoms with van der Waals surface area (Å²) in [6, 6.07) is 12.9. The summed E-state index contributed by atoms with van der Waals surface area (Å²) < 4.78 is 5.34. The van der Waals surface area contributed by atoms with Crippen LogP contribution in [0.15, 0.2) is 48.5 Å². The van der Waals surface area contributed by atoms with Gasteiger partial charge in [0.05, 0.1) is 7.11 Å². The average Bonchev–Trinajstić information content (AvgIpc) is 2.68. The number of hydrogen-bond acceptors (Lipinski definition) is 4. The van der Waals surface area contributed by atoms with Crippen molar-refractivity contribution >= 4 is 23.5 Å². The molecule has 7 heteroatoms. The number of carbonyl (C=O) groups is 3. The first-order valence-corrected chi connectivity index (χ1v) is 8.88. The Morgan fingerprint density at radius 2 is 1.68 bits per heavy atom. The molecule has 0 saturated heterocycles. The number of amides is 2.